The predicted molar refractivity (Wildman–Crippen MR) is 105 cm³/mol. The molecule has 3 aliphatic rings. The van der Waals surface area contributed by atoms with Crippen molar-refractivity contribution in [1.29, 1.82) is 0 Å². The third-order valence-electron chi connectivity index (χ3n) is 5.92. The molecule has 3 heterocycles. The van der Waals surface area contributed by atoms with Gasteiger partial charge in [-0.05, 0) is 36.8 Å². The standard InChI is InChI=1S/C20H29N3O3S/c1-15-2-3-17-16(12-15)13-18(27-17)20(25)23-6-4-22(5-7-23)19(24)14-21-8-10-26-11-9-21/h13,15H,2-12,14H2,1H3. The molecule has 1 aliphatic carbocycles. The van der Waals surface area contributed by atoms with E-state index in [1.54, 1.807) is 11.3 Å². The number of piperazine rings is 1. The van der Waals surface area contributed by atoms with Gasteiger partial charge in [-0.25, -0.2) is 0 Å². The number of amides is 2. The van der Waals surface area contributed by atoms with Gasteiger partial charge in [0.2, 0.25) is 5.91 Å². The number of aryl methyl sites for hydroxylation is 1. The van der Waals surface area contributed by atoms with E-state index < -0.39 is 0 Å². The molecule has 7 heteroatoms. The van der Waals surface area contributed by atoms with Crippen LogP contribution in [0.25, 0.3) is 0 Å². The normalized spacial score (nSPS) is 24.0. The summed E-state index contributed by atoms with van der Waals surface area (Å²) in [5, 5.41) is 0. The summed E-state index contributed by atoms with van der Waals surface area (Å²) in [5.74, 6) is 1.03. The van der Waals surface area contributed by atoms with E-state index >= 15 is 0 Å². The molecule has 0 aromatic carbocycles. The van der Waals surface area contributed by atoms with Crippen molar-refractivity contribution in [2.24, 2.45) is 5.92 Å². The van der Waals surface area contributed by atoms with Gasteiger partial charge in [-0.3, -0.25) is 14.5 Å². The molecule has 0 N–H and O–H groups in total. The lowest BCUT2D eigenvalue weighted by Gasteiger charge is -2.36. The van der Waals surface area contributed by atoms with E-state index in [1.165, 1.54) is 16.9 Å². The van der Waals surface area contributed by atoms with Crippen LogP contribution in [-0.2, 0) is 22.4 Å². The smallest absolute Gasteiger partial charge is 0.264 e. The van der Waals surface area contributed by atoms with E-state index in [0.29, 0.717) is 45.9 Å². The zero-order valence-electron chi connectivity index (χ0n) is 16.1. The van der Waals surface area contributed by atoms with Crippen LogP contribution in [0, 0.1) is 5.92 Å². The third kappa shape index (κ3) is 4.36. The molecule has 1 aromatic heterocycles. The van der Waals surface area contributed by atoms with Gasteiger partial charge >= 0.3 is 0 Å². The number of hydrogen-bond acceptors (Lipinski definition) is 5. The molecule has 148 valence electrons. The largest absolute Gasteiger partial charge is 0.379 e. The van der Waals surface area contributed by atoms with Gasteiger partial charge < -0.3 is 14.5 Å². The van der Waals surface area contributed by atoms with Gasteiger partial charge in [0, 0.05) is 44.1 Å². The van der Waals surface area contributed by atoms with E-state index in [0.717, 1.165) is 36.7 Å². The highest BCUT2D eigenvalue weighted by Gasteiger charge is 2.28. The number of ether oxygens (including phenoxy) is 1. The number of rotatable bonds is 3. The highest BCUT2D eigenvalue weighted by Crippen LogP contribution is 2.32. The average molecular weight is 392 g/mol. The summed E-state index contributed by atoms with van der Waals surface area (Å²) in [6.07, 6.45) is 3.44. The number of thiophene rings is 1. The minimum absolute atomic E-state index is 0.141. The molecule has 2 fully saturated rings. The maximum absolute atomic E-state index is 12.9. The average Bonchev–Trinajstić information content (AvgIpc) is 3.11. The SMILES string of the molecule is CC1CCc2sc(C(=O)N3CCN(C(=O)CN4CCOCC4)CC3)cc2C1. The van der Waals surface area contributed by atoms with Crippen molar-refractivity contribution in [2.75, 3.05) is 59.0 Å². The van der Waals surface area contributed by atoms with E-state index in [9.17, 15) is 9.59 Å². The van der Waals surface area contributed by atoms with Crippen molar-refractivity contribution in [1.82, 2.24) is 14.7 Å². The minimum atomic E-state index is 0.141. The Kier molecular flexibility index (Phi) is 5.80. The molecule has 1 atom stereocenters. The van der Waals surface area contributed by atoms with Crippen molar-refractivity contribution >= 4 is 23.2 Å². The monoisotopic (exact) mass is 391 g/mol. The molecule has 6 nitrogen and oxygen atoms in total. The van der Waals surface area contributed by atoms with Crippen LogP contribution in [0.3, 0.4) is 0 Å². The van der Waals surface area contributed by atoms with E-state index in [-0.39, 0.29) is 11.8 Å². The molecule has 2 amide bonds. The van der Waals surface area contributed by atoms with Crippen molar-refractivity contribution in [3.8, 4) is 0 Å². The Morgan fingerprint density at radius 3 is 2.56 bits per heavy atom. The fourth-order valence-electron chi connectivity index (χ4n) is 4.18. The van der Waals surface area contributed by atoms with Gasteiger partial charge in [0.15, 0.2) is 0 Å². The zero-order chi connectivity index (χ0) is 18.8. The molecule has 0 radical (unpaired) electrons. The van der Waals surface area contributed by atoms with Crippen molar-refractivity contribution in [3.05, 3.63) is 21.4 Å². The lowest BCUT2D eigenvalue weighted by molar-refractivity contribution is -0.134. The second-order valence-electron chi connectivity index (χ2n) is 7.97. The Labute approximate surface area is 165 Å². The Bertz CT molecular complexity index is 691. The van der Waals surface area contributed by atoms with Crippen molar-refractivity contribution in [2.45, 2.75) is 26.2 Å². The first-order valence-corrected chi connectivity index (χ1v) is 10.9. The Hall–Kier alpha value is -1.44. The van der Waals surface area contributed by atoms with Crippen LogP contribution in [0.4, 0.5) is 0 Å². The fraction of sp³-hybridized carbons (Fsp3) is 0.700. The fourth-order valence-corrected chi connectivity index (χ4v) is 5.35. The van der Waals surface area contributed by atoms with Crippen LogP contribution in [0.2, 0.25) is 0 Å². The van der Waals surface area contributed by atoms with Gasteiger partial charge in [-0.2, -0.15) is 0 Å². The molecule has 1 aromatic rings. The predicted octanol–water partition coefficient (Wildman–Crippen LogP) is 1.49. The molecule has 27 heavy (non-hydrogen) atoms. The summed E-state index contributed by atoms with van der Waals surface area (Å²) in [4.78, 5) is 33.7. The Morgan fingerprint density at radius 1 is 1.11 bits per heavy atom. The highest BCUT2D eigenvalue weighted by atomic mass is 32.1. The molecule has 4 rings (SSSR count). The van der Waals surface area contributed by atoms with Gasteiger partial charge in [-0.15, -0.1) is 11.3 Å². The first-order chi connectivity index (χ1) is 13.1. The summed E-state index contributed by atoms with van der Waals surface area (Å²) < 4.78 is 5.34. The topological polar surface area (TPSA) is 53.1 Å². The summed E-state index contributed by atoms with van der Waals surface area (Å²) in [6.45, 7) is 8.35. The third-order valence-corrected chi connectivity index (χ3v) is 7.15. The molecule has 2 saturated heterocycles. The number of fused-ring (bicyclic) bond motifs is 1. The number of carbonyl (C=O) groups is 2. The number of morpholine rings is 1. The highest BCUT2D eigenvalue weighted by molar-refractivity contribution is 7.14. The van der Waals surface area contributed by atoms with Gasteiger partial charge in [0.1, 0.15) is 0 Å². The van der Waals surface area contributed by atoms with Gasteiger partial charge in [0.05, 0.1) is 24.6 Å². The maximum atomic E-state index is 12.9. The Morgan fingerprint density at radius 2 is 1.81 bits per heavy atom. The van der Waals surface area contributed by atoms with Crippen molar-refractivity contribution in [3.63, 3.8) is 0 Å². The second kappa shape index (κ2) is 8.29. The van der Waals surface area contributed by atoms with Crippen LogP contribution in [-0.4, -0.2) is 85.5 Å². The van der Waals surface area contributed by atoms with E-state index in [1.807, 2.05) is 9.80 Å². The summed E-state index contributed by atoms with van der Waals surface area (Å²) in [5.41, 5.74) is 1.38. The van der Waals surface area contributed by atoms with Crippen LogP contribution in [0.5, 0.6) is 0 Å². The summed E-state index contributed by atoms with van der Waals surface area (Å²) in [7, 11) is 0. The quantitative estimate of drug-likeness (QED) is 0.783. The molecule has 0 bridgehead atoms. The molecule has 2 aliphatic heterocycles. The van der Waals surface area contributed by atoms with Crippen LogP contribution >= 0.6 is 11.3 Å². The summed E-state index contributed by atoms with van der Waals surface area (Å²) >= 11 is 1.68. The van der Waals surface area contributed by atoms with E-state index in [4.69, 9.17) is 4.74 Å². The molecule has 1 unspecified atom stereocenters. The van der Waals surface area contributed by atoms with Crippen molar-refractivity contribution < 1.29 is 14.3 Å². The van der Waals surface area contributed by atoms with E-state index in [2.05, 4.69) is 17.9 Å². The zero-order valence-corrected chi connectivity index (χ0v) is 16.9. The van der Waals surface area contributed by atoms with Gasteiger partial charge in [-0.1, -0.05) is 6.92 Å². The first kappa shape index (κ1) is 18.9. The lowest BCUT2D eigenvalue weighted by Crippen LogP contribution is -2.53. The number of carbonyl (C=O) groups excluding carboxylic acids is 2. The molecule has 0 saturated carbocycles. The molecular formula is C20H29N3O3S. The minimum Gasteiger partial charge on any atom is -0.379 e. The molecule has 0 spiro atoms. The van der Waals surface area contributed by atoms with Gasteiger partial charge in [0.25, 0.3) is 5.91 Å². The van der Waals surface area contributed by atoms with Crippen LogP contribution < -0.4 is 0 Å². The Balaban J connectivity index is 1.30. The number of nitrogens with zero attached hydrogens (tertiary/aromatic N) is 3. The first-order valence-electron chi connectivity index (χ1n) is 10.1. The lowest BCUT2D eigenvalue weighted by atomic mass is 9.90. The second-order valence-corrected chi connectivity index (χ2v) is 9.11. The maximum Gasteiger partial charge on any atom is 0.264 e. The van der Waals surface area contributed by atoms with Crippen LogP contribution in [0.15, 0.2) is 6.07 Å². The number of hydrogen-bond donors (Lipinski definition) is 0. The van der Waals surface area contributed by atoms with Crippen LogP contribution in [0.1, 0.15) is 33.5 Å². The summed E-state index contributed by atoms with van der Waals surface area (Å²) in [6, 6.07) is 2.12. The molecular weight excluding hydrogens is 362 g/mol.